The van der Waals surface area contributed by atoms with Crippen LogP contribution in [0.15, 0.2) is 72.0 Å². The summed E-state index contributed by atoms with van der Waals surface area (Å²) in [6.45, 7) is 0. The largest absolute Gasteiger partial charge is 0.426 e. The van der Waals surface area contributed by atoms with E-state index in [4.69, 9.17) is 16.3 Å². The summed E-state index contributed by atoms with van der Waals surface area (Å²) in [5, 5.41) is 0. The summed E-state index contributed by atoms with van der Waals surface area (Å²) in [4.78, 5) is 11.9. The molecule has 0 bridgehead atoms. The molecule has 0 aliphatic heterocycles. The van der Waals surface area contributed by atoms with Crippen molar-refractivity contribution in [3.63, 3.8) is 0 Å². The molecule has 0 heterocycles. The third-order valence-electron chi connectivity index (χ3n) is 2.58. The predicted molar refractivity (Wildman–Crippen MR) is 75.9 cm³/mol. The van der Waals surface area contributed by atoms with Crippen LogP contribution in [0.25, 0.3) is 0 Å². The second kappa shape index (κ2) is 6.76. The maximum Gasteiger partial charge on any atom is 0.343 e. The van der Waals surface area contributed by atoms with Gasteiger partial charge in [-0.3, -0.25) is 0 Å². The molecule has 0 saturated carbocycles. The Morgan fingerprint density at radius 1 is 1.00 bits per heavy atom. The highest BCUT2D eigenvalue weighted by atomic mass is 35.5. The van der Waals surface area contributed by atoms with Crippen molar-refractivity contribution in [2.75, 3.05) is 0 Å². The Labute approximate surface area is 117 Å². The molecule has 0 N–H and O–H groups in total. The minimum atomic E-state index is -0.400. The first-order valence-corrected chi connectivity index (χ1v) is 6.33. The fourth-order valence-electron chi connectivity index (χ4n) is 1.65. The van der Waals surface area contributed by atoms with Crippen molar-refractivity contribution in [3.8, 4) is 0 Å². The molecule has 2 nitrogen and oxygen atoms in total. The van der Waals surface area contributed by atoms with Crippen LogP contribution in [0, 0.1) is 0 Å². The van der Waals surface area contributed by atoms with Gasteiger partial charge in [0.2, 0.25) is 0 Å². The van der Waals surface area contributed by atoms with Crippen LogP contribution in [0.2, 0.25) is 0 Å². The zero-order chi connectivity index (χ0) is 13.5. The number of rotatable bonds is 4. The lowest BCUT2D eigenvalue weighted by atomic mass is 10.1. The van der Waals surface area contributed by atoms with E-state index >= 15 is 0 Å². The van der Waals surface area contributed by atoms with Gasteiger partial charge in [0.05, 0.1) is 5.56 Å². The lowest BCUT2D eigenvalue weighted by molar-refractivity contribution is 0.0619. The number of benzene rings is 2. The van der Waals surface area contributed by atoms with Gasteiger partial charge in [-0.2, -0.15) is 0 Å². The van der Waals surface area contributed by atoms with Crippen molar-refractivity contribution in [1.82, 2.24) is 0 Å². The van der Waals surface area contributed by atoms with Gasteiger partial charge in [0, 0.05) is 12.0 Å². The van der Waals surface area contributed by atoms with Gasteiger partial charge in [-0.05, 0) is 17.7 Å². The van der Waals surface area contributed by atoms with Crippen LogP contribution in [0.3, 0.4) is 0 Å². The Bertz CT molecular complexity index is 562. The third-order valence-corrected chi connectivity index (χ3v) is 2.82. The minimum Gasteiger partial charge on any atom is -0.426 e. The normalized spacial score (nSPS) is 11.1. The molecule has 96 valence electrons. The molecule has 2 rings (SSSR count). The van der Waals surface area contributed by atoms with Crippen LogP contribution in [0.4, 0.5) is 0 Å². The van der Waals surface area contributed by atoms with Gasteiger partial charge in [-0.15, -0.1) is 0 Å². The lowest BCUT2D eigenvalue weighted by Crippen LogP contribution is -2.06. The van der Waals surface area contributed by atoms with Crippen LogP contribution in [0.5, 0.6) is 0 Å². The first kappa shape index (κ1) is 13.4. The van der Waals surface area contributed by atoms with Crippen molar-refractivity contribution < 1.29 is 9.53 Å². The van der Waals surface area contributed by atoms with E-state index in [-0.39, 0.29) is 0 Å². The highest BCUT2D eigenvalue weighted by molar-refractivity contribution is 6.25. The van der Waals surface area contributed by atoms with E-state index in [1.807, 2.05) is 36.4 Å². The molecule has 19 heavy (non-hydrogen) atoms. The van der Waals surface area contributed by atoms with E-state index in [2.05, 4.69) is 0 Å². The van der Waals surface area contributed by atoms with Gasteiger partial charge < -0.3 is 4.74 Å². The third kappa shape index (κ3) is 3.97. The lowest BCUT2D eigenvalue weighted by Gasteiger charge is -2.08. The van der Waals surface area contributed by atoms with Crippen LogP contribution < -0.4 is 0 Å². The average molecular weight is 273 g/mol. The number of esters is 1. The molecule has 0 saturated heterocycles. The molecule has 0 spiro atoms. The van der Waals surface area contributed by atoms with E-state index in [9.17, 15) is 4.79 Å². The maximum atomic E-state index is 11.9. The van der Waals surface area contributed by atoms with Crippen molar-refractivity contribution in [3.05, 3.63) is 83.1 Å². The second-order valence-corrected chi connectivity index (χ2v) is 4.21. The summed E-state index contributed by atoms with van der Waals surface area (Å²) in [7, 11) is 0. The van der Waals surface area contributed by atoms with Crippen molar-refractivity contribution in [1.29, 1.82) is 0 Å². The first-order valence-electron chi connectivity index (χ1n) is 5.90. The molecule has 0 aliphatic carbocycles. The zero-order valence-electron chi connectivity index (χ0n) is 10.3. The smallest absolute Gasteiger partial charge is 0.343 e. The number of carbonyl (C=O) groups excluding carboxylic acids is 1. The topological polar surface area (TPSA) is 26.3 Å². The van der Waals surface area contributed by atoms with Crippen LogP contribution in [-0.2, 0) is 11.2 Å². The van der Waals surface area contributed by atoms with Gasteiger partial charge in [0.15, 0.2) is 0 Å². The highest BCUT2D eigenvalue weighted by Crippen LogP contribution is 2.13. The molecule has 0 unspecified atom stereocenters. The Morgan fingerprint density at radius 3 is 2.16 bits per heavy atom. The molecule has 2 aromatic carbocycles. The summed E-state index contributed by atoms with van der Waals surface area (Å²) in [5.74, 6) is 0.0325. The van der Waals surface area contributed by atoms with Gasteiger partial charge in [0.25, 0.3) is 0 Å². The molecular weight excluding hydrogens is 260 g/mol. The monoisotopic (exact) mass is 272 g/mol. The molecular formula is C16H13ClO2. The average Bonchev–Trinajstić information content (AvgIpc) is 2.48. The summed E-state index contributed by atoms with van der Waals surface area (Å²) >= 11 is 5.71. The molecule has 0 aliphatic rings. The van der Waals surface area contributed by atoms with Crippen molar-refractivity contribution in [2.45, 2.75) is 6.42 Å². The van der Waals surface area contributed by atoms with Crippen molar-refractivity contribution >= 4 is 17.6 Å². The number of ether oxygens (including phenoxy) is 1. The summed E-state index contributed by atoms with van der Waals surface area (Å²) in [6, 6.07) is 18.5. The van der Waals surface area contributed by atoms with Crippen molar-refractivity contribution in [2.24, 2.45) is 0 Å². The second-order valence-electron chi connectivity index (χ2n) is 3.99. The number of allylic oxidation sites excluding steroid dienone is 1. The molecule has 0 aromatic heterocycles. The quantitative estimate of drug-likeness (QED) is 0.617. The Kier molecular flexibility index (Phi) is 4.76. The molecule has 3 heteroatoms. The van der Waals surface area contributed by atoms with Gasteiger partial charge in [0.1, 0.15) is 5.76 Å². The predicted octanol–water partition coefficient (Wildman–Crippen LogP) is 4.17. The van der Waals surface area contributed by atoms with Gasteiger partial charge in [-0.25, -0.2) is 4.79 Å². The maximum absolute atomic E-state index is 11.9. The molecule has 0 amide bonds. The summed E-state index contributed by atoms with van der Waals surface area (Å²) < 4.78 is 5.28. The Hall–Kier alpha value is -2.06. The van der Waals surface area contributed by atoms with E-state index in [1.165, 1.54) is 5.54 Å². The van der Waals surface area contributed by atoms with Crippen LogP contribution in [0.1, 0.15) is 15.9 Å². The van der Waals surface area contributed by atoms with E-state index in [1.54, 1.807) is 24.3 Å². The number of carbonyl (C=O) groups is 1. The Balaban J connectivity index is 2.03. The number of hydrogen-bond donors (Lipinski definition) is 0. The van der Waals surface area contributed by atoms with E-state index in [0.29, 0.717) is 17.7 Å². The minimum absolute atomic E-state index is 0.400. The molecule has 0 radical (unpaired) electrons. The number of hydrogen-bond acceptors (Lipinski definition) is 2. The summed E-state index contributed by atoms with van der Waals surface area (Å²) in [6.07, 6.45) is 0.489. The fourth-order valence-corrected chi connectivity index (χ4v) is 1.77. The Morgan fingerprint density at radius 2 is 1.58 bits per heavy atom. The zero-order valence-corrected chi connectivity index (χ0v) is 11.0. The standard InChI is InChI=1S/C16H13ClO2/c17-12-15(11-13-7-3-1-4-8-13)19-16(18)14-9-5-2-6-10-14/h1-10,12H,11H2. The summed E-state index contributed by atoms with van der Waals surface area (Å²) in [5.41, 5.74) is 2.84. The molecule has 0 atom stereocenters. The van der Waals surface area contributed by atoms with Gasteiger partial charge >= 0.3 is 5.97 Å². The fraction of sp³-hybridized carbons (Fsp3) is 0.0625. The van der Waals surface area contributed by atoms with Gasteiger partial charge in [-0.1, -0.05) is 60.1 Å². The molecule has 2 aromatic rings. The van der Waals surface area contributed by atoms with E-state index in [0.717, 1.165) is 5.56 Å². The SMILES string of the molecule is O=C(OC(=CCl)Cc1ccccc1)c1ccccc1. The first-order chi connectivity index (χ1) is 9.29. The van der Waals surface area contributed by atoms with Crippen LogP contribution in [-0.4, -0.2) is 5.97 Å². The van der Waals surface area contributed by atoms with E-state index < -0.39 is 5.97 Å². The number of halogens is 1. The molecule has 0 fully saturated rings. The highest BCUT2D eigenvalue weighted by Gasteiger charge is 2.10. The van der Waals surface area contributed by atoms with Crippen LogP contribution >= 0.6 is 11.6 Å².